The van der Waals surface area contributed by atoms with Gasteiger partial charge in [-0.2, -0.15) is 0 Å². The second kappa shape index (κ2) is 9.83. The Kier molecular flexibility index (Phi) is 6.08. The van der Waals surface area contributed by atoms with Gasteiger partial charge in [0.05, 0.1) is 13.1 Å². The van der Waals surface area contributed by atoms with Crippen LogP contribution in [0.1, 0.15) is 37.7 Å². The van der Waals surface area contributed by atoms with Crippen LogP contribution < -0.4 is 10.2 Å². The molecule has 7 nitrogen and oxygen atoms in total. The van der Waals surface area contributed by atoms with Crippen molar-refractivity contribution < 1.29 is 9.59 Å². The smallest absolute Gasteiger partial charge is 0.268 e. The average molecular weight is 506 g/mol. The summed E-state index contributed by atoms with van der Waals surface area (Å²) in [4.78, 5) is 37.1. The van der Waals surface area contributed by atoms with Crippen LogP contribution in [0, 0.1) is 0 Å². The van der Waals surface area contributed by atoms with Gasteiger partial charge in [0.25, 0.3) is 11.8 Å². The number of hydrogen-bond donors (Lipinski definition) is 1. The molecular formula is C29H23N5O2S. The number of rotatable bonds is 5. The number of carbonyl (C=O) groups is 2. The second-order valence-electron chi connectivity index (χ2n) is 8.77. The lowest BCUT2D eigenvalue weighted by molar-refractivity contribution is 0.0941. The molecule has 2 amide bonds. The molecule has 0 aliphatic carbocycles. The van der Waals surface area contributed by atoms with Crippen LogP contribution in [0.4, 0.5) is 5.69 Å². The molecule has 5 aromatic rings. The summed E-state index contributed by atoms with van der Waals surface area (Å²) in [5, 5.41) is 5.85. The summed E-state index contributed by atoms with van der Waals surface area (Å²) < 4.78 is 2.00. The third kappa shape index (κ3) is 4.54. The Balaban J connectivity index is 1.28. The van der Waals surface area contributed by atoms with E-state index in [9.17, 15) is 9.59 Å². The Morgan fingerprint density at radius 3 is 2.57 bits per heavy atom. The maximum absolute atomic E-state index is 13.7. The standard InChI is InChI=1S/C29H23N5O2S/c35-27(32-17-20-4-3-13-30-16-20)26-12-11-24-19-34(25-6-2-1-5-23(25)18-33(24)26)29(36)22-9-7-21(8-10-22)28-31-14-15-37-28/h1-16H,17-19H2,(H,32,35). The number of carbonyl (C=O) groups excluding carboxylic acids is 2. The van der Waals surface area contributed by atoms with E-state index in [-0.39, 0.29) is 11.8 Å². The molecule has 182 valence electrons. The van der Waals surface area contributed by atoms with E-state index in [2.05, 4.69) is 15.3 Å². The molecule has 2 aromatic carbocycles. The minimum absolute atomic E-state index is 0.0876. The lowest BCUT2D eigenvalue weighted by atomic mass is 10.1. The van der Waals surface area contributed by atoms with Gasteiger partial charge in [0, 0.05) is 53.0 Å². The molecule has 1 aliphatic heterocycles. The van der Waals surface area contributed by atoms with Gasteiger partial charge in [0.1, 0.15) is 10.7 Å². The molecule has 4 heterocycles. The van der Waals surface area contributed by atoms with E-state index in [0.29, 0.717) is 30.9 Å². The van der Waals surface area contributed by atoms with Gasteiger partial charge < -0.3 is 14.8 Å². The summed E-state index contributed by atoms with van der Waals surface area (Å²) in [7, 11) is 0. The lowest BCUT2D eigenvalue weighted by Crippen LogP contribution is -2.30. The number of nitrogens with one attached hydrogen (secondary N) is 1. The predicted octanol–water partition coefficient (Wildman–Crippen LogP) is 5.15. The van der Waals surface area contributed by atoms with Crippen molar-refractivity contribution in [1.82, 2.24) is 19.9 Å². The Hall–Kier alpha value is -4.56. The molecule has 0 unspecified atom stereocenters. The molecule has 0 bridgehead atoms. The van der Waals surface area contributed by atoms with E-state index in [1.807, 2.05) is 82.7 Å². The molecule has 1 aliphatic rings. The van der Waals surface area contributed by atoms with Crippen molar-refractivity contribution in [3.8, 4) is 10.6 Å². The van der Waals surface area contributed by atoms with Gasteiger partial charge in [-0.1, -0.05) is 36.4 Å². The molecule has 0 saturated heterocycles. The maximum Gasteiger partial charge on any atom is 0.268 e. The van der Waals surface area contributed by atoms with Crippen LogP contribution in [0.25, 0.3) is 10.6 Å². The molecule has 1 N–H and O–H groups in total. The minimum Gasteiger partial charge on any atom is -0.347 e. The van der Waals surface area contributed by atoms with Crippen LogP contribution in [0.15, 0.2) is 96.8 Å². The van der Waals surface area contributed by atoms with Crippen molar-refractivity contribution in [1.29, 1.82) is 0 Å². The molecular weight excluding hydrogens is 482 g/mol. The Labute approximate surface area is 218 Å². The number of anilines is 1. The maximum atomic E-state index is 13.7. The summed E-state index contributed by atoms with van der Waals surface area (Å²) in [6.45, 7) is 1.26. The highest BCUT2D eigenvalue weighted by Crippen LogP contribution is 2.31. The fraction of sp³-hybridized carbons (Fsp3) is 0.103. The average Bonchev–Trinajstić information content (AvgIpc) is 3.59. The van der Waals surface area contributed by atoms with Crippen LogP contribution in [-0.2, 0) is 19.6 Å². The molecule has 0 spiro atoms. The summed E-state index contributed by atoms with van der Waals surface area (Å²) in [6, 6.07) is 23.0. The minimum atomic E-state index is -0.162. The van der Waals surface area contributed by atoms with Gasteiger partial charge in [0.2, 0.25) is 0 Å². The highest BCUT2D eigenvalue weighted by molar-refractivity contribution is 7.13. The lowest BCUT2D eigenvalue weighted by Gasteiger charge is -2.23. The highest BCUT2D eigenvalue weighted by Gasteiger charge is 2.27. The normalized spacial score (nSPS) is 12.4. The highest BCUT2D eigenvalue weighted by atomic mass is 32.1. The van der Waals surface area contributed by atoms with E-state index in [1.165, 1.54) is 0 Å². The van der Waals surface area contributed by atoms with Crippen LogP contribution in [0.5, 0.6) is 0 Å². The quantitative estimate of drug-likeness (QED) is 0.359. The number of amides is 2. The predicted molar refractivity (Wildman–Crippen MR) is 143 cm³/mol. The first-order valence-corrected chi connectivity index (χ1v) is 12.8. The van der Waals surface area contributed by atoms with Crippen LogP contribution in [-0.4, -0.2) is 26.3 Å². The van der Waals surface area contributed by atoms with Crippen LogP contribution in [0.3, 0.4) is 0 Å². The van der Waals surface area contributed by atoms with Gasteiger partial charge in [-0.05, 0) is 47.5 Å². The molecule has 0 saturated carbocycles. The first-order chi connectivity index (χ1) is 18.2. The fourth-order valence-corrected chi connectivity index (χ4v) is 5.24. The number of pyridine rings is 1. The topological polar surface area (TPSA) is 80.1 Å². The fourth-order valence-electron chi connectivity index (χ4n) is 4.59. The Bertz CT molecular complexity index is 1560. The first kappa shape index (κ1) is 22.9. The zero-order valence-corrected chi connectivity index (χ0v) is 20.7. The van der Waals surface area contributed by atoms with E-state index >= 15 is 0 Å². The molecule has 8 heteroatoms. The van der Waals surface area contributed by atoms with Crippen molar-refractivity contribution in [3.63, 3.8) is 0 Å². The Morgan fingerprint density at radius 2 is 1.78 bits per heavy atom. The van der Waals surface area contributed by atoms with Crippen LogP contribution >= 0.6 is 11.3 Å². The first-order valence-electron chi connectivity index (χ1n) is 11.9. The van der Waals surface area contributed by atoms with Crippen molar-refractivity contribution in [3.05, 3.63) is 125 Å². The SMILES string of the molecule is O=C(NCc1cccnc1)c1ccc2n1Cc1ccccc1N(C(=O)c1ccc(-c3nccs3)cc1)C2. The number of para-hydroxylation sites is 1. The van der Waals surface area contributed by atoms with Gasteiger partial charge in [-0.15, -0.1) is 11.3 Å². The zero-order chi connectivity index (χ0) is 25.2. The van der Waals surface area contributed by atoms with E-state index in [0.717, 1.165) is 33.1 Å². The number of aromatic nitrogens is 3. The van der Waals surface area contributed by atoms with Crippen molar-refractivity contribution in [2.45, 2.75) is 19.6 Å². The van der Waals surface area contributed by atoms with Gasteiger partial charge in [0.15, 0.2) is 0 Å². The number of hydrogen-bond acceptors (Lipinski definition) is 5. The molecule has 37 heavy (non-hydrogen) atoms. The summed E-state index contributed by atoms with van der Waals surface area (Å²) in [5.74, 6) is -0.250. The summed E-state index contributed by atoms with van der Waals surface area (Å²) in [6.07, 6.45) is 5.22. The van der Waals surface area contributed by atoms with Crippen molar-refractivity contribution in [2.75, 3.05) is 4.90 Å². The number of nitrogens with zero attached hydrogens (tertiary/aromatic N) is 4. The number of thiazole rings is 1. The third-order valence-corrected chi connectivity index (χ3v) is 7.29. The molecule has 0 fully saturated rings. The van der Waals surface area contributed by atoms with E-state index in [1.54, 1.807) is 34.8 Å². The largest absolute Gasteiger partial charge is 0.347 e. The third-order valence-electron chi connectivity index (χ3n) is 6.47. The summed E-state index contributed by atoms with van der Waals surface area (Å²) in [5.41, 5.74) is 5.81. The monoisotopic (exact) mass is 505 g/mol. The zero-order valence-electron chi connectivity index (χ0n) is 19.9. The van der Waals surface area contributed by atoms with Gasteiger partial charge in [-0.3, -0.25) is 14.6 Å². The van der Waals surface area contributed by atoms with Crippen LogP contribution in [0.2, 0.25) is 0 Å². The molecule has 0 atom stereocenters. The van der Waals surface area contributed by atoms with Gasteiger partial charge >= 0.3 is 0 Å². The molecule has 3 aromatic heterocycles. The van der Waals surface area contributed by atoms with E-state index in [4.69, 9.17) is 0 Å². The Morgan fingerprint density at radius 1 is 0.919 bits per heavy atom. The van der Waals surface area contributed by atoms with Gasteiger partial charge in [-0.25, -0.2) is 4.98 Å². The molecule has 6 rings (SSSR count). The van der Waals surface area contributed by atoms with Crippen molar-refractivity contribution in [2.24, 2.45) is 0 Å². The van der Waals surface area contributed by atoms with E-state index < -0.39 is 0 Å². The molecule has 0 radical (unpaired) electrons. The summed E-state index contributed by atoms with van der Waals surface area (Å²) >= 11 is 1.57. The second-order valence-corrected chi connectivity index (χ2v) is 9.67. The number of fused-ring (bicyclic) bond motifs is 2. The van der Waals surface area contributed by atoms with Crippen molar-refractivity contribution >= 4 is 28.8 Å². The number of benzene rings is 2.